The van der Waals surface area contributed by atoms with Crippen LogP contribution in [0.2, 0.25) is 0 Å². The van der Waals surface area contributed by atoms with Crippen LogP contribution in [0.1, 0.15) is 58.8 Å². The van der Waals surface area contributed by atoms with Crippen LogP contribution < -0.4 is 5.32 Å². The minimum atomic E-state index is 0.715. The summed E-state index contributed by atoms with van der Waals surface area (Å²) in [5.41, 5.74) is 0. The number of rotatable bonds is 5. The summed E-state index contributed by atoms with van der Waals surface area (Å²) in [6.07, 6.45) is 9.73. The molecule has 1 N–H and O–H groups in total. The van der Waals surface area contributed by atoms with Crippen LogP contribution >= 0.6 is 0 Å². The molecule has 0 radical (unpaired) electrons. The van der Waals surface area contributed by atoms with Crippen molar-refractivity contribution in [1.82, 2.24) is 10.2 Å². The molecule has 0 aromatic rings. The number of likely N-dealkylation sites (N-methyl/N-ethyl adjacent to an activating group) is 2. The molecule has 2 atom stereocenters. The van der Waals surface area contributed by atoms with Crippen LogP contribution in [0.25, 0.3) is 0 Å². The Balaban J connectivity index is 2.60. The monoisotopic (exact) mass is 226 g/mol. The highest BCUT2D eigenvalue weighted by atomic mass is 15.2. The van der Waals surface area contributed by atoms with E-state index in [0.717, 1.165) is 6.04 Å². The van der Waals surface area contributed by atoms with Crippen LogP contribution in [-0.2, 0) is 0 Å². The van der Waals surface area contributed by atoms with Crippen molar-refractivity contribution in [1.29, 1.82) is 0 Å². The van der Waals surface area contributed by atoms with Crippen LogP contribution in [-0.4, -0.2) is 37.1 Å². The third-order valence-electron chi connectivity index (χ3n) is 3.99. The lowest BCUT2D eigenvalue weighted by Crippen LogP contribution is -2.49. The Kier molecular flexibility index (Phi) is 7.06. The zero-order chi connectivity index (χ0) is 11.8. The van der Waals surface area contributed by atoms with E-state index in [1.54, 1.807) is 0 Å². The maximum absolute atomic E-state index is 3.55. The van der Waals surface area contributed by atoms with Gasteiger partial charge in [-0.2, -0.15) is 0 Å². The first-order valence-electron chi connectivity index (χ1n) is 7.24. The molecule has 0 heterocycles. The molecule has 96 valence electrons. The highest BCUT2D eigenvalue weighted by Crippen LogP contribution is 2.22. The van der Waals surface area contributed by atoms with Crippen molar-refractivity contribution in [3.05, 3.63) is 0 Å². The van der Waals surface area contributed by atoms with E-state index in [4.69, 9.17) is 0 Å². The summed E-state index contributed by atoms with van der Waals surface area (Å²) >= 11 is 0. The van der Waals surface area contributed by atoms with Crippen molar-refractivity contribution < 1.29 is 0 Å². The summed E-state index contributed by atoms with van der Waals surface area (Å²) < 4.78 is 0. The maximum atomic E-state index is 3.55. The average Bonchev–Trinajstić information content (AvgIpc) is 2.27. The van der Waals surface area contributed by atoms with Crippen LogP contribution in [0.3, 0.4) is 0 Å². The summed E-state index contributed by atoms with van der Waals surface area (Å²) in [5, 5.41) is 3.55. The van der Waals surface area contributed by atoms with Crippen molar-refractivity contribution in [3.8, 4) is 0 Å². The molecule has 0 saturated heterocycles. The number of hydrogen-bond donors (Lipinski definition) is 1. The minimum absolute atomic E-state index is 0.715. The van der Waals surface area contributed by atoms with E-state index < -0.39 is 0 Å². The van der Waals surface area contributed by atoms with Gasteiger partial charge in [0, 0.05) is 12.1 Å². The first kappa shape index (κ1) is 14.0. The molecular weight excluding hydrogens is 196 g/mol. The molecule has 1 fully saturated rings. The van der Waals surface area contributed by atoms with Crippen molar-refractivity contribution in [3.63, 3.8) is 0 Å². The summed E-state index contributed by atoms with van der Waals surface area (Å²) in [5.74, 6) is 0. The zero-order valence-corrected chi connectivity index (χ0v) is 11.5. The van der Waals surface area contributed by atoms with Crippen LogP contribution in [0, 0.1) is 0 Å². The van der Waals surface area contributed by atoms with E-state index in [-0.39, 0.29) is 0 Å². The molecule has 1 aliphatic rings. The van der Waals surface area contributed by atoms with Gasteiger partial charge in [0.15, 0.2) is 0 Å². The first-order chi connectivity index (χ1) is 7.83. The third-order valence-corrected chi connectivity index (χ3v) is 3.99. The lowest BCUT2D eigenvalue weighted by Gasteiger charge is -2.37. The molecule has 0 aliphatic heterocycles. The van der Waals surface area contributed by atoms with Gasteiger partial charge in [0.2, 0.25) is 0 Å². The Labute approximate surface area is 102 Å². The summed E-state index contributed by atoms with van der Waals surface area (Å²) in [6.45, 7) is 7.07. The molecule has 0 aromatic heterocycles. The fourth-order valence-electron chi connectivity index (χ4n) is 3.08. The van der Waals surface area contributed by atoms with Crippen molar-refractivity contribution in [2.24, 2.45) is 0 Å². The Morgan fingerprint density at radius 2 is 1.75 bits per heavy atom. The van der Waals surface area contributed by atoms with Crippen molar-refractivity contribution >= 4 is 0 Å². The Morgan fingerprint density at radius 3 is 2.31 bits per heavy atom. The number of hydrogen-bond acceptors (Lipinski definition) is 2. The minimum Gasteiger partial charge on any atom is -0.315 e. The predicted octanol–water partition coefficient (Wildman–Crippen LogP) is 3.03. The highest BCUT2D eigenvalue weighted by molar-refractivity contribution is 4.84. The molecule has 0 bridgehead atoms. The van der Waals surface area contributed by atoms with E-state index in [9.17, 15) is 0 Å². The fraction of sp³-hybridized carbons (Fsp3) is 1.00. The molecule has 0 aromatic carbocycles. The van der Waals surface area contributed by atoms with Crippen LogP contribution in [0.5, 0.6) is 0 Å². The second kappa shape index (κ2) is 8.08. The Morgan fingerprint density at radius 1 is 1.06 bits per heavy atom. The van der Waals surface area contributed by atoms with E-state index in [2.05, 4.69) is 31.1 Å². The smallest absolute Gasteiger partial charge is 0.0249 e. The maximum Gasteiger partial charge on any atom is 0.0249 e. The van der Waals surface area contributed by atoms with Gasteiger partial charge in [-0.3, -0.25) is 4.90 Å². The van der Waals surface area contributed by atoms with Gasteiger partial charge in [-0.25, -0.2) is 0 Å². The van der Waals surface area contributed by atoms with E-state index in [0.29, 0.717) is 6.04 Å². The number of nitrogens with zero attached hydrogens (tertiary/aromatic N) is 1. The largest absolute Gasteiger partial charge is 0.315 e. The van der Waals surface area contributed by atoms with Gasteiger partial charge in [-0.05, 0) is 39.4 Å². The molecule has 2 heteroatoms. The van der Waals surface area contributed by atoms with Gasteiger partial charge >= 0.3 is 0 Å². The Bertz CT molecular complexity index is 164. The van der Waals surface area contributed by atoms with Crippen molar-refractivity contribution in [2.45, 2.75) is 70.9 Å². The molecule has 0 amide bonds. The lowest BCUT2D eigenvalue weighted by molar-refractivity contribution is 0.143. The standard InChI is InChI=1S/C14H30N2/c1-4-12-16(5-2)14-11-9-7-6-8-10-13(14)15-3/h13-15H,4-12H2,1-3H3. The summed E-state index contributed by atoms with van der Waals surface area (Å²) in [4.78, 5) is 2.69. The highest BCUT2D eigenvalue weighted by Gasteiger charge is 2.25. The number of nitrogens with one attached hydrogen (secondary N) is 1. The predicted molar refractivity (Wildman–Crippen MR) is 71.9 cm³/mol. The second-order valence-corrected chi connectivity index (χ2v) is 5.08. The summed E-state index contributed by atoms with van der Waals surface area (Å²) in [6, 6.07) is 1.49. The topological polar surface area (TPSA) is 15.3 Å². The second-order valence-electron chi connectivity index (χ2n) is 5.08. The lowest BCUT2D eigenvalue weighted by atomic mass is 9.91. The van der Waals surface area contributed by atoms with E-state index in [1.807, 2.05) is 0 Å². The molecule has 16 heavy (non-hydrogen) atoms. The van der Waals surface area contributed by atoms with Gasteiger partial charge in [0.1, 0.15) is 0 Å². The van der Waals surface area contributed by atoms with Crippen molar-refractivity contribution in [2.75, 3.05) is 20.1 Å². The molecule has 2 nitrogen and oxygen atoms in total. The van der Waals surface area contributed by atoms with Gasteiger partial charge in [-0.15, -0.1) is 0 Å². The Hall–Kier alpha value is -0.0800. The summed E-state index contributed by atoms with van der Waals surface area (Å²) in [7, 11) is 2.14. The molecule has 1 aliphatic carbocycles. The molecule has 0 spiro atoms. The molecule has 1 saturated carbocycles. The van der Waals surface area contributed by atoms with Crippen LogP contribution in [0.4, 0.5) is 0 Å². The third kappa shape index (κ3) is 4.06. The quantitative estimate of drug-likeness (QED) is 0.775. The van der Waals surface area contributed by atoms with E-state index >= 15 is 0 Å². The SMILES string of the molecule is CCCN(CC)C1CCCCCCC1NC. The van der Waals surface area contributed by atoms with Gasteiger partial charge in [0.05, 0.1) is 0 Å². The fourth-order valence-corrected chi connectivity index (χ4v) is 3.08. The molecular formula is C14H30N2. The normalized spacial score (nSPS) is 27.8. The van der Waals surface area contributed by atoms with Gasteiger partial charge < -0.3 is 5.32 Å². The van der Waals surface area contributed by atoms with Gasteiger partial charge in [0.25, 0.3) is 0 Å². The van der Waals surface area contributed by atoms with Crippen LogP contribution in [0.15, 0.2) is 0 Å². The van der Waals surface area contributed by atoms with E-state index in [1.165, 1.54) is 58.0 Å². The first-order valence-corrected chi connectivity index (χ1v) is 7.24. The molecule has 2 unspecified atom stereocenters. The van der Waals surface area contributed by atoms with Gasteiger partial charge in [-0.1, -0.05) is 39.5 Å². The average molecular weight is 226 g/mol. The zero-order valence-electron chi connectivity index (χ0n) is 11.5. The molecule has 1 rings (SSSR count).